The summed E-state index contributed by atoms with van der Waals surface area (Å²) < 4.78 is 38.2. The number of hydrogen-bond acceptors (Lipinski definition) is 5. The minimum absolute atomic E-state index is 0.00939. The summed E-state index contributed by atoms with van der Waals surface area (Å²) in [6.07, 6.45) is 5.79. The molecule has 2 aromatic rings. The highest BCUT2D eigenvalue weighted by Crippen LogP contribution is 2.48. The number of carbonyl (C=O) groups excluding carboxylic acids is 2. The topological polar surface area (TPSA) is 111 Å². The van der Waals surface area contributed by atoms with Gasteiger partial charge >= 0.3 is 0 Å². The minimum Gasteiger partial charge on any atom is -0.361 e. The quantitative estimate of drug-likeness (QED) is 0.496. The van der Waals surface area contributed by atoms with Crippen LogP contribution >= 0.6 is 0 Å². The fourth-order valence-corrected chi connectivity index (χ4v) is 7.36. The van der Waals surface area contributed by atoms with Gasteiger partial charge in [-0.15, -0.1) is 0 Å². The summed E-state index contributed by atoms with van der Waals surface area (Å²) in [5.41, 5.74) is 1.67. The lowest BCUT2D eigenvalue weighted by Crippen LogP contribution is -2.55. The average molecular weight is 521 g/mol. The van der Waals surface area contributed by atoms with Crippen molar-refractivity contribution in [2.24, 2.45) is 11.8 Å². The summed E-state index contributed by atoms with van der Waals surface area (Å²) in [5, 5.41) is 6.69. The number of likely N-dealkylation sites (tertiary alicyclic amines) is 1. The van der Waals surface area contributed by atoms with Gasteiger partial charge in [-0.3, -0.25) is 9.59 Å². The van der Waals surface area contributed by atoms with Gasteiger partial charge in [0.15, 0.2) is 0 Å². The van der Waals surface area contributed by atoms with E-state index < -0.39 is 21.9 Å². The number of halogens is 1. The molecule has 0 radical (unpaired) electrons. The molecular formula is C26H37FN4O4S. The molecular weight excluding hydrogens is 483 g/mol. The fourth-order valence-electron chi connectivity index (χ4n) is 6.23. The van der Waals surface area contributed by atoms with Gasteiger partial charge in [-0.2, -0.15) is 0 Å². The van der Waals surface area contributed by atoms with E-state index in [-0.39, 0.29) is 47.2 Å². The lowest BCUT2D eigenvalue weighted by Gasteiger charge is -2.42. The molecule has 2 aliphatic rings. The van der Waals surface area contributed by atoms with E-state index in [2.05, 4.69) is 15.6 Å². The van der Waals surface area contributed by atoms with Crippen LogP contribution in [0.3, 0.4) is 0 Å². The highest BCUT2D eigenvalue weighted by Gasteiger charge is 2.48. The van der Waals surface area contributed by atoms with E-state index >= 15 is 0 Å². The Morgan fingerprint density at radius 2 is 2.03 bits per heavy atom. The van der Waals surface area contributed by atoms with E-state index in [1.54, 1.807) is 20.0 Å². The first kappa shape index (κ1) is 26.6. The highest BCUT2D eigenvalue weighted by molar-refractivity contribution is 7.90. The van der Waals surface area contributed by atoms with Gasteiger partial charge < -0.3 is 20.5 Å². The SMILES string of the molecule is CCC(NC(=O)C(C)NC)C(=O)N1CCC2CC(CS(C)(=O)=O)CC(c3c[nH]c4cc(F)ccc34)C21. The van der Waals surface area contributed by atoms with Crippen molar-refractivity contribution < 1.29 is 22.4 Å². The molecule has 198 valence electrons. The van der Waals surface area contributed by atoms with Gasteiger partial charge in [0.1, 0.15) is 21.7 Å². The second kappa shape index (κ2) is 10.5. The molecule has 1 aromatic carbocycles. The van der Waals surface area contributed by atoms with Crippen LogP contribution in [-0.2, 0) is 19.4 Å². The van der Waals surface area contributed by atoms with Crippen molar-refractivity contribution in [3.8, 4) is 0 Å². The maximum absolute atomic E-state index is 13.9. The third kappa shape index (κ3) is 5.44. The van der Waals surface area contributed by atoms with Crippen LogP contribution in [0.4, 0.5) is 4.39 Å². The number of nitrogens with one attached hydrogen (secondary N) is 3. The van der Waals surface area contributed by atoms with Crippen LogP contribution in [-0.4, -0.2) is 73.8 Å². The Hall–Kier alpha value is -2.46. The Morgan fingerprint density at radius 3 is 2.69 bits per heavy atom. The second-order valence-corrected chi connectivity index (χ2v) is 12.7. The monoisotopic (exact) mass is 520 g/mol. The van der Waals surface area contributed by atoms with Gasteiger partial charge in [0.25, 0.3) is 0 Å². The first-order valence-corrected chi connectivity index (χ1v) is 14.8. The normalized spacial score (nSPS) is 26.0. The summed E-state index contributed by atoms with van der Waals surface area (Å²) >= 11 is 0. The van der Waals surface area contributed by atoms with Crippen molar-refractivity contribution in [1.29, 1.82) is 0 Å². The van der Waals surface area contributed by atoms with Crippen LogP contribution in [0.2, 0.25) is 0 Å². The number of aromatic nitrogens is 1. The summed E-state index contributed by atoms with van der Waals surface area (Å²) in [6.45, 7) is 4.20. The molecule has 36 heavy (non-hydrogen) atoms. The molecule has 3 N–H and O–H groups in total. The molecule has 10 heteroatoms. The molecule has 2 heterocycles. The van der Waals surface area contributed by atoms with Gasteiger partial charge in [-0.25, -0.2) is 12.8 Å². The van der Waals surface area contributed by atoms with Crippen LogP contribution in [0.5, 0.6) is 0 Å². The number of sulfone groups is 1. The molecule has 1 aliphatic carbocycles. The van der Waals surface area contributed by atoms with E-state index in [1.807, 2.05) is 18.0 Å². The summed E-state index contributed by atoms with van der Waals surface area (Å²) in [6, 6.07) is 3.49. The van der Waals surface area contributed by atoms with Crippen LogP contribution in [0.15, 0.2) is 24.4 Å². The predicted octanol–water partition coefficient (Wildman–Crippen LogP) is 2.57. The molecule has 1 saturated heterocycles. The number of hydrogen-bond donors (Lipinski definition) is 3. The van der Waals surface area contributed by atoms with Crippen LogP contribution < -0.4 is 10.6 Å². The number of benzene rings is 1. The first-order chi connectivity index (χ1) is 17.0. The van der Waals surface area contributed by atoms with E-state index in [0.717, 1.165) is 23.8 Å². The summed E-state index contributed by atoms with van der Waals surface area (Å²) in [7, 11) is -1.46. The van der Waals surface area contributed by atoms with Crippen LogP contribution in [0.1, 0.15) is 51.0 Å². The Labute approximate surface area is 212 Å². The predicted molar refractivity (Wildman–Crippen MR) is 138 cm³/mol. The van der Waals surface area contributed by atoms with Crippen molar-refractivity contribution in [2.75, 3.05) is 25.6 Å². The maximum Gasteiger partial charge on any atom is 0.245 e. The zero-order valence-corrected chi connectivity index (χ0v) is 22.2. The molecule has 1 saturated carbocycles. The molecule has 1 aromatic heterocycles. The minimum atomic E-state index is -3.16. The van der Waals surface area contributed by atoms with E-state index in [4.69, 9.17) is 0 Å². The zero-order valence-electron chi connectivity index (χ0n) is 21.4. The third-order valence-electron chi connectivity index (χ3n) is 7.97. The van der Waals surface area contributed by atoms with Gasteiger partial charge in [-0.05, 0) is 75.3 Å². The van der Waals surface area contributed by atoms with Crippen molar-refractivity contribution in [2.45, 2.75) is 63.6 Å². The van der Waals surface area contributed by atoms with Crippen molar-refractivity contribution in [1.82, 2.24) is 20.5 Å². The van der Waals surface area contributed by atoms with Gasteiger partial charge in [0.2, 0.25) is 11.8 Å². The second-order valence-electron chi connectivity index (χ2n) is 10.5. The summed E-state index contributed by atoms with van der Waals surface area (Å²) in [5.74, 6) is -0.473. The molecule has 8 nitrogen and oxygen atoms in total. The molecule has 6 unspecified atom stereocenters. The molecule has 0 bridgehead atoms. The number of H-pyrrole nitrogens is 1. The third-order valence-corrected chi connectivity index (χ3v) is 9.04. The average Bonchev–Trinajstić information content (AvgIpc) is 3.43. The molecule has 2 amide bonds. The lowest BCUT2D eigenvalue weighted by molar-refractivity contribution is -0.138. The number of carbonyl (C=O) groups is 2. The van der Waals surface area contributed by atoms with Crippen molar-refractivity contribution >= 4 is 32.6 Å². The Bertz CT molecular complexity index is 1230. The van der Waals surface area contributed by atoms with E-state index in [1.165, 1.54) is 18.4 Å². The first-order valence-electron chi connectivity index (χ1n) is 12.7. The fraction of sp³-hybridized carbons (Fsp3) is 0.615. The van der Waals surface area contributed by atoms with Crippen LogP contribution in [0, 0.1) is 17.7 Å². The Morgan fingerprint density at radius 1 is 1.28 bits per heavy atom. The molecule has 2 fully saturated rings. The molecule has 6 atom stereocenters. The van der Waals surface area contributed by atoms with Crippen molar-refractivity contribution in [3.63, 3.8) is 0 Å². The smallest absolute Gasteiger partial charge is 0.245 e. The number of fused-ring (bicyclic) bond motifs is 2. The molecule has 4 rings (SSSR count). The largest absolute Gasteiger partial charge is 0.361 e. The number of nitrogens with zero attached hydrogens (tertiary/aromatic N) is 1. The van der Waals surface area contributed by atoms with Gasteiger partial charge in [0.05, 0.1) is 11.8 Å². The molecule has 1 aliphatic heterocycles. The number of amides is 2. The summed E-state index contributed by atoms with van der Waals surface area (Å²) in [4.78, 5) is 31.3. The lowest BCUT2D eigenvalue weighted by atomic mass is 9.70. The van der Waals surface area contributed by atoms with Gasteiger partial charge in [-0.1, -0.05) is 6.92 Å². The highest BCUT2D eigenvalue weighted by atomic mass is 32.2. The van der Waals surface area contributed by atoms with E-state index in [9.17, 15) is 22.4 Å². The van der Waals surface area contributed by atoms with Crippen LogP contribution in [0.25, 0.3) is 10.9 Å². The Balaban J connectivity index is 1.67. The molecule has 0 spiro atoms. The van der Waals surface area contributed by atoms with Gasteiger partial charge in [0, 0.05) is 41.9 Å². The number of likely N-dealkylation sites (N-methyl/N-ethyl adjacent to an activating group) is 1. The maximum atomic E-state index is 13.9. The number of aromatic amines is 1. The van der Waals surface area contributed by atoms with E-state index in [0.29, 0.717) is 24.9 Å². The Kier molecular flexibility index (Phi) is 7.75. The standard InChI is InChI=1S/C26H37FN4O4S/c1-5-22(30-25(32)15(2)28-3)26(33)31-9-8-17-10-16(14-36(4,34)35)11-20(24(17)31)21-13-29-23-12-18(27)6-7-19(21)23/h6-7,12-13,15-17,20,22,24,28-29H,5,8-11,14H2,1-4H3,(H,30,32). The number of rotatable bonds is 8. The zero-order chi connectivity index (χ0) is 26.2. The van der Waals surface area contributed by atoms with Crippen molar-refractivity contribution in [3.05, 3.63) is 35.8 Å².